The largest absolute Gasteiger partial charge is 0.503 e. The minimum Gasteiger partial charge on any atom is -0.503 e. The van der Waals surface area contributed by atoms with Crippen molar-refractivity contribution in [3.8, 4) is 17.2 Å². The van der Waals surface area contributed by atoms with E-state index in [4.69, 9.17) is 23.4 Å². The highest BCUT2D eigenvalue weighted by Crippen LogP contribution is 2.42. The molecule has 9 heteroatoms. The number of para-hydroxylation sites is 1. The van der Waals surface area contributed by atoms with Gasteiger partial charge in [0, 0.05) is 25.6 Å². The Hall–Kier alpha value is -3.98. The van der Waals surface area contributed by atoms with Crippen LogP contribution in [0.2, 0.25) is 0 Å². The Morgan fingerprint density at radius 1 is 1.03 bits per heavy atom. The summed E-state index contributed by atoms with van der Waals surface area (Å²) in [6.45, 7) is 5.44. The molecule has 39 heavy (non-hydrogen) atoms. The monoisotopic (exact) mass is 537 g/mol. The summed E-state index contributed by atoms with van der Waals surface area (Å²) in [5.74, 6) is 0.149. The molecule has 0 radical (unpaired) electrons. The van der Waals surface area contributed by atoms with Crippen LogP contribution in [0.15, 0.2) is 58.2 Å². The van der Waals surface area contributed by atoms with E-state index in [0.717, 1.165) is 6.42 Å². The maximum atomic E-state index is 13.8. The minimum absolute atomic E-state index is 0.00630. The molecule has 1 aliphatic rings. The van der Waals surface area contributed by atoms with E-state index in [1.165, 1.54) is 19.1 Å². The number of furan rings is 1. The van der Waals surface area contributed by atoms with Crippen LogP contribution >= 0.6 is 0 Å². The number of ketones is 1. The van der Waals surface area contributed by atoms with Crippen molar-refractivity contribution < 1.29 is 38.1 Å². The molecule has 1 N–H and O–H groups in total. The number of ether oxygens (including phenoxy) is 4. The van der Waals surface area contributed by atoms with Crippen molar-refractivity contribution in [3.63, 3.8) is 0 Å². The molecule has 1 aromatic heterocycles. The molecular weight excluding hydrogens is 502 g/mol. The Bertz CT molecular complexity index is 1370. The fourth-order valence-electron chi connectivity index (χ4n) is 4.66. The summed E-state index contributed by atoms with van der Waals surface area (Å²) < 4.78 is 27.9. The third-order valence-electron chi connectivity index (χ3n) is 6.70. The third-order valence-corrected chi connectivity index (χ3v) is 6.70. The van der Waals surface area contributed by atoms with Crippen LogP contribution in [-0.4, -0.2) is 62.8 Å². The zero-order valence-electron chi connectivity index (χ0n) is 23.0. The van der Waals surface area contributed by atoms with E-state index < -0.39 is 23.5 Å². The fraction of sp³-hybridized carbons (Fsp3) is 0.400. The van der Waals surface area contributed by atoms with Gasteiger partial charge >= 0.3 is 0 Å². The SMILES string of the molecule is COCCCN1C(=O)C(O)=C(C(=O)c2cc3cccc(OC)c3o2)C1c1ccc(OCCC(C)C)c(OC)c1. The van der Waals surface area contributed by atoms with Crippen molar-refractivity contribution in [2.45, 2.75) is 32.7 Å². The number of hydrogen-bond donors (Lipinski definition) is 1. The standard InChI is InChI=1S/C30H35NO8/c1-18(2)12-15-38-21-11-10-19(16-23(21)37-5)26-25(28(33)30(34)31(26)13-7-14-35-3)27(32)24-17-20-8-6-9-22(36-4)29(20)39-24/h6,8-11,16-18,26,33H,7,12-15H2,1-5H3. The van der Waals surface area contributed by atoms with Gasteiger partial charge in [-0.2, -0.15) is 0 Å². The molecular formula is C30H35NO8. The van der Waals surface area contributed by atoms with Gasteiger partial charge in [0.15, 0.2) is 34.4 Å². The highest BCUT2D eigenvalue weighted by molar-refractivity contribution is 6.16. The van der Waals surface area contributed by atoms with Gasteiger partial charge in [0.05, 0.1) is 32.4 Å². The lowest BCUT2D eigenvalue weighted by molar-refractivity contribution is -0.129. The molecule has 4 rings (SSSR count). The van der Waals surface area contributed by atoms with Gasteiger partial charge in [-0.05, 0) is 48.6 Å². The number of aliphatic hydroxyl groups excluding tert-OH is 1. The van der Waals surface area contributed by atoms with Gasteiger partial charge < -0.3 is 33.4 Å². The molecule has 3 aromatic rings. The number of benzene rings is 2. The second-order valence-corrected chi connectivity index (χ2v) is 9.77. The lowest BCUT2D eigenvalue weighted by Gasteiger charge is -2.27. The van der Waals surface area contributed by atoms with Crippen molar-refractivity contribution in [1.29, 1.82) is 0 Å². The predicted octanol–water partition coefficient (Wildman–Crippen LogP) is 5.49. The van der Waals surface area contributed by atoms with E-state index in [1.54, 1.807) is 49.6 Å². The van der Waals surface area contributed by atoms with Crippen LogP contribution in [0.3, 0.4) is 0 Å². The number of hydrogen-bond acceptors (Lipinski definition) is 8. The summed E-state index contributed by atoms with van der Waals surface area (Å²) in [6, 6.07) is 11.3. The Kier molecular flexibility index (Phi) is 8.81. The number of methoxy groups -OCH3 is 3. The van der Waals surface area contributed by atoms with Gasteiger partial charge in [0.25, 0.3) is 5.91 Å². The van der Waals surface area contributed by atoms with Crippen LogP contribution in [0, 0.1) is 5.92 Å². The molecule has 0 bridgehead atoms. The van der Waals surface area contributed by atoms with Crippen LogP contribution < -0.4 is 14.2 Å². The quantitative estimate of drug-likeness (QED) is 0.225. The molecule has 1 atom stereocenters. The van der Waals surface area contributed by atoms with Gasteiger partial charge in [-0.3, -0.25) is 9.59 Å². The first kappa shape index (κ1) is 28.0. The summed E-state index contributed by atoms with van der Waals surface area (Å²) >= 11 is 0. The maximum Gasteiger partial charge on any atom is 0.290 e. The molecule has 208 valence electrons. The van der Waals surface area contributed by atoms with E-state index in [9.17, 15) is 14.7 Å². The smallest absolute Gasteiger partial charge is 0.290 e. The van der Waals surface area contributed by atoms with Gasteiger partial charge in [-0.25, -0.2) is 0 Å². The van der Waals surface area contributed by atoms with E-state index in [2.05, 4.69) is 13.8 Å². The summed E-state index contributed by atoms with van der Waals surface area (Å²) in [4.78, 5) is 28.6. The number of carbonyl (C=O) groups is 2. The normalized spacial score (nSPS) is 15.5. The first-order chi connectivity index (χ1) is 18.8. The first-order valence-corrected chi connectivity index (χ1v) is 13.0. The number of fused-ring (bicyclic) bond motifs is 1. The second kappa shape index (κ2) is 12.3. The Morgan fingerprint density at radius 2 is 1.79 bits per heavy atom. The van der Waals surface area contributed by atoms with Crippen LogP contribution in [0.5, 0.6) is 17.2 Å². The van der Waals surface area contributed by atoms with Crippen molar-refractivity contribution in [3.05, 3.63) is 65.1 Å². The molecule has 1 unspecified atom stereocenters. The molecule has 0 spiro atoms. The van der Waals surface area contributed by atoms with Crippen LogP contribution in [0.1, 0.15) is 48.8 Å². The van der Waals surface area contributed by atoms with E-state index in [1.807, 2.05) is 0 Å². The zero-order valence-corrected chi connectivity index (χ0v) is 23.0. The highest BCUT2D eigenvalue weighted by atomic mass is 16.5. The Labute approximate surface area is 227 Å². The number of amides is 1. The van der Waals surface area contributed by atoms with Crippen molar-refractivity contribution in [2.24, 2.45) is 5.92 Å². The molecule has 0 aliphatic carbocycles. The van der Waals surface area contributed by atoms with Crippen LogP contribution in [-0.2, 0) is 9.53 Å². The van der Waals surface area contributed by atoms with Gasteiger partial charge in [-0.1, -0.05) is 32.0 Å². The molecule has 2 aromatic carbocycles. The number of aliphatic hydroxyl groups is 1. The van der Waals surface area contributed by atoms with Crippen LogP contribution in [0.4, 0.5) is 0 Å². The van der Waals surface area contributed by atoms with E-state index in [0.29, 0.717) is 59.3 Å². The topological polar surface area (TPSA) is 108 Å². The lowest BCUT2D eigenvalue weighted by Crippen LogP contribution is -2.32. The van der Waals surface area contributed by atoms with Gasteiger partial charge in [0.1, 0.15) is 0 Å². The third kappa shape index (κ3) is 5.73. The minimum atomic E-state index is -0.865. The van der Waals surface area contributed by atoms with Gasteiger partial charge in [0.2, 0.25) is 5.78 Å². The maximum absolute atomic E-state index is 13.8. The van der Waals surface area contributed by atoms with E-state index >= 15 is 0 Å². The van der Waals surface area contributed by atoms with Gasteiger partial charge in [-0.15, -0.1) is 0 Å². The predicted molar refractivity (Wildman–Crippen MR) is 146 cm³/mol. The fourth-order valence-corrected chi connectivity index (χ4v) is 4.66. The second-order valence-electron chi connectivity index (χ2n) is 9.77. The molecule has 0 saturated carbocycles. The summed E-state index contributed by atoms with van der Waals surface area (Å²) in [5, 5.41) is 11.7. The summed E-state index contributed by atoms with van der Waals surface area (Å²) in [6.07, 6.45) is 1.40. The van der Waals surface area contributed by atoms with Crippen molar-refractivity contribution >= 4 is 22.7 Å². The highest BCUT2D eigenvalue weighted by Gasteiger charge is 2.44. The average Bonchev–Trinajstić information content (AvgIpc) is 3.48. The Balaban J connectivity index is 1.75. The Morgan fingerprint density at radius 3 is 2.49 bits per heavy atom. The zero-order chi connectivity index (χ0) is 28.1. The summed E-state index contributed by atoms with van der Waals surface area (Å²) in [5.41, 5.74) is 0.937. The summed E-state index contributed by atoms with van der Waals surface area (Å²) in [7, 11) is 4.62. The molecule has 0 saturated heterocycles. The van der Waals surface area contributed by atoms with Crippen molar-refractivity contribution in [1.82, 2.24) is 4.90 Å². The number of carbonyl (C=O) groups excluding carboxylic acids is 2. The molecule has 9 nitrogen and oxygen atoms in total. The number of nitrogens with zero attached hydrogens (tertiary/aromatic N) is 1. The van der Waals surface area contributed by atoms with E-state index in [-0.39, 0.29) is 17.9 Å². The molecule has 1 aliphatic heterocycles. The molecule has 1 amide bonds. The van der Waals surface area contributed by atoms with Crippen molar-refractivity contribution in [2.75, 3.05) is 41.1 Å². The lowest BCUT2D eigenvalue weighted by atomic mass is 9.94. The van der Waals surface area contributed by atoms with Crippen LogP contribution in [0.25, 0.3) is 11.0 Å². The number of Topliss-reactive ketones (excluding diaryl/α,β-unsaturated/α-hetero) is 1. The molecule has 2 heterocycles. The average molecular weight is 538 g/mol. The first-order valence-electron chi connectivity index (χ1n) is 13.0. The number of rotatable bonds is 13. The molecule has 0 fully saturated rings.